The van der Waals surface area contributed by atoms with Gasteiger partial charge in [0.1, 0.15) is 0 Å². The van der Waals surface area contributed by atoms with Gasteiger partial charge in [0.25, 0.3) is 0 Å². The minimum atomic E-state index is 0.290. The van der Waals surface area contributed by atoms with E-state index in [1.54, 1.807) is 6.20 Å². The molecule has 0 aromatic carbocycles. The van der Waals surface area contributed by atoms with E-state index in [1.807, 2.05) is 0 Å². The van der Waals surface area contributed by atoms with E-state index in [2.05, 4.69) is 25.6 Å². The number of H-pyrrole nitrogens is 1. The van der Waals surface area contributed by atoms with E-state index in [0.717, 1.165) is 51.6 Å². The summed E-state index contributed by atoms with van der Waals surface area (Å²) < 4.78 is 5.81. The highest BCUT2D eigenvalue weighted by atomic mass is 16.5. The Labute approximate surface area is 107 Å². The lowest BCUT2D eigenvalue weighted by molar-refractivity contribution is 0.0487. The van der Waals surface area contributed by atoms with Crippen molar-refractivity contribution in [2.45, 2.75) is 19.4 Å². The first-order valence-electron chi connectivity index (χ1n) is 6.72. The van der Waals surface area contributed by atoms with Crippen LogP contribution in [-0.2, 0) is 11.3 Å². The van der Waals surface area contributed by atoms with Gasteiger partial charge in [0.15, 0.2) is 0 Å². The van der Waals surface area contributed by atoms with E-state index < -0.39 is 0 Å². The minimum absolute atomic E-state index is 0.290. The molecule has 3 heterocycles. The summed E-state index contributed by atoms with van der Waals surface area (Å²) in [5, 5.41) is 14.2. The van der Waals surface area contributed by atoms with Gasteiger partial charge in [-0.2, -0.15) is 15.4 Å². The first-order valence-corrected chi connectivity index (χ1v) is 6.72. The predicted octanol–water partition coefficient (Wildman–Crippen LogP) is 0.00670. The Kier molecular flexibility index (Phi) is 3.58. The third-order valence-electron chi connectivity index (χ3n) is 3.93. The predicted molar refractivity (Wildman–Crippen MR) is 67.0 cm³/mol. The van der Waals surface area contributed by atoms with Gasteiger partial charge >= 0.3 is 0 Å². The van der Waals surface area contributed by atoms with Crippen LogP contribution in [0.1, 0.15) is 18.5 Å². The molecule has 1 aromatic rings. The molecule has 1 atom stereocenters. The number of piperidine rings is 1. The van der Waals surface area contributed by atoms with Crippen molar-refractivity contribution < 1.29 is 4.74 Å². The fraction of sp³-hybridized carbons (Fsp3) is 0.833. The largest absolute Gasteiger partial charge is 0.379 e. The Morgan fingerprint density at radius 3 is 3.28 bits per heavy atom. The SMILES string of the molecule is c1n[nH]nc1CN1CCOCC2(CCCNC2)C1. The maximum Gasteiger partial charge on any atom is 0.0964 e. The Morgan fingerprint density at radius 2 is 2.50 bits per heavy atom. The summed E-state index contributed by atoms with van der Waals surface area (Å²) in [7, 11) is 0. The van der Waals surface area contributed by atoms with Crippen molar-refractivity contribution in [2.75, 3.05) is 39.4 Å². The molecule has 2 aliphatic rings. The molecule has 1 unspecified atom stereocenters. The van der Waals surface area contributed by atoms with Crippen molar-refractivity contribution in [3.05, 3.63) is 11.9 Å². The van der Waals surface area contributed by atoms with E-state index in [-0.39, 0.29) is 0 Å². The number of ether oxygens (including phenoxy) is 1. The van der Waals surface area contributed by atoms with E-state index in [4.69, 9.17) is 4.74 Å². The Morgan fingerprint density at radius 1 is 1.50 bits per heavy atom. The summed E-state index contributed by atoms with van der Waals surface area (Å²) in [6.07, 6.45) is 4.31. The van der Waals surface area contributed by atoms with Crippen LogP contribution in [0, 0.1) is 5.41 Å². The van der Waals surface area contributed by atoms with E-state index in [1.165, 1.54) is 12.8 Å². The fourth-order valence-electron chi connectivity index (χ4n) is 3.04. The van der Waals surface area contributed by atoms with Gasteiger partial charge in [-0.1, -0.05) is 0 Å². The molecule has 0 amide bonds. The maximum atomic E-state index is 5.81. The quantitative estimate of drug-likeness (QED) is 0.775. The number of rotatable bonds is 2. The first-order chi connectivity index (χ1) is 8.86. The number of aromatic nitrogens is 3. The topological polar surface area (TPSA) is 66.1 Å². The average molecular weight is 251 g/mol. The highest BCUT2D eigenvalue weighted by molar-refractivity contribution is 4.94. The molecule has 2 fully saturated rings. The molecule has 0 bridgehead atoms. The maximum absolute atomic E-state index is 5.81. The number of hydrogen-bond acceptors (Lipinski definition) is 5. The van der Waals surface area contributed by atoms with Gasteiger partial charge in [-0.15, -0.1) is 0 Å². The lowest BCUT2D eigenvalue weighted by Gasteiger charge is -2.38. The second-order valence-electron chi connectivity index (χ2n) is 5.50. The molecule has 1 aromatic heterocycles. The summed E-state index contributed by atoms with van der Waals surface area (Å²) in [6.45, 7) is 6.85. The highest BCUT2D eigenvalue weighted by Crippen LogP contribution is 2.29. The second-order valence-corrected chi connectivity index (χ2v) is 5.50. The molecule has 100 valence electrons. The number of nitrogens with one attached hydrogen (secondary N) is 2. The number of nitrogens with zero attached hydrogens (tertiary/aromatic N) is 3. The van der Waals surface area contributed by atoms with Crippen LogP contribution in [0.15, 0.2) is 6.20 Å². The summed E-state index contributed by atoms with van der Waals surface area (Å²) in [5.74, 6) is 0. The van der Waals surface area contributed by atoms with E-state index in [9.17, 15) is 0 Å². The van der Waals surface area contributed by atoms with Crippen LogP contribution in [0.3, 0.4) is 0 Å². The van der Waals surface area contributed by atoms with Crippen molar-refractivity contribution in [1.82, 2.24) is 25.6 Å². The van der Waals surface area contributed by atoms with Crippen LogP contribution in [0.25, 0.3) is 0 Å². The minimum Gasteiger partial charge on any atom is -0.379 e. The summed E-state index contributed by atoms with van der Waals surface area (Å²) >= 11 is 0. The molecule has 0 saturated carbocycles. The monoisotopic (exact) mass is 251 g/mol. The Hall–Kier alpha value is -0.980. The van der Waals surface area contributed by atoms with Gasteiger partial charge in [0, 0.05) is 31.6 Å². The van der Waals surface area contributed by atoms with Gasteiger partial charge in [0.05, 0.1) is 25.1 Å². The summed E-state index contributed by atoms with van der Waals surface area (Å²) in [4.78, 5) is 2.44. The van der Waals surface area contributed by atoms with Gasteiger partial charge in [-0.25, -0.2) is 0 Å². The Bertz CT molecular complexity index is 361. The molecule has 2 aliphatic heterocycles. The van der Waals surface area contributed by atoms with Crippen LogP contribution in [0.4, 0.5) is 0 Å². The third kappa shape index (κ3) is 2.71. The summed E-state index contributed by atoms with van der Waals surface area (Å²) in [5.41, 5.74) is 1.30. The zero-order valence-corrected chi connectivity index (χ0v) is 10.7. The molecule has 0 radical (unpaired) electrons. The van der Waals surface area contributed by atoms with Crippen molar-refractivity contribution in [3.8, 4) is 0 Å². The fourth-order valence-corrected chi connectivity index (χ4v) is 3.04. The molecule has 0 aliphatic carbocycles. The van der Waals surface area contributed by atoms with Crippen LogP contribution in [0.2, 0.25) is 0 Å². The molecule has 6 heteroatoms. The zero-order valence-electron chi connectivity index (χ0n) is 10.7. The molecule has 2 saturated heterocycles. The molecular weight excluding hydrogens is 230 g/mol. The van der Waals surface area contributed by atoms with Gasteiger partial charge in [0.2, 0.25) is 0 Å². The van der Waals surface area contributed by atoms with Crippen molar-refractivity contribution >= 4 is 0 Å². The third-order valence-corrected chi connectivity index (χ3v) is 3.93. The zero-order chi connectivity index (χ0) is 12.3. The summed E-state index contributed by atoms with van der Waals surface area (Å²) in [6, 6.07) is 0. The van der Waals surface area contributed by atoms with Crippen molar-refractivity contribution in [2.24, 2.45) is 5.41 Å². The normalized spacial score (nSPS) is 30.4. The van der Waals surface area contributed by atoms with Gasteiger partial charge in [-0.3, -0.25) is 4.90 Å². The molecule has 1 spiro atoms. The molecule has 2 N–H and O–H groups in total. The average Bonchev–Trinajstić information content (AvgIpc) is 2.81. The van der Waals surface area contributed by atoms with Crippen LogP contribution in [0.5, 0.6) is 0 Å². The van der Waals surface area contributed by atoms with E-state index >= 15 is 0 Å². The van der Waals surface area contributed by atoms with Crippen molar-refractivity contribution in [1.29, 1.82) is 0 Å². The van der Waals surface area contributed by atoms with Crippen molar-refractivity contribution in [3.63, 3.8) is 0 Å². The molecule has 3 rings (SSSR count). The lowest BCUT2D eigenvalue weighted by Crippen LogP contribution is -2.48. The van der Waals surface area contributed by atoms with Crippen LogP contribution >= 0.6 is 0 Å². The number of hydrogen-bond donors (Lipinski definition) is 2. The highest BCUT2D eigenvalue weighted by Gasteiger charge is 2.36. The van der Waals surface area contributed by atoms with Gasteiger partial charge in [-0.05, 0) is 19.4 Å². The molecular formula is C12H21N5O. The molecule has 18 heavy (non-hydrogen) atoms. The molecule has 6 nitrogen and oxygen atoms in total. The number of aromatic amines is 1. The van der Waals surface area contributed by atoms with Gasteiger partial charge < -0.3 is 10.1 Å². The lowest BCUT2D eigenvalue weighted by atomic mass is 9.81. The van der Waals surface area contributed by atoms with Crippen LogP contribution < -0.4 is 5.32 Å². The first kappa shape index (κ1) is 12.1. The standard InChI is InChI=1S/C12H21N5O/c1-2-12(8-13-3-1)9-17(4-5-18-10-12)7-11-6-14-16-15-11/h6,13H,1-5,7-10H2,(H,14,15,16). The Balaban J connectivity index is 1.66. The smallest absolute Gasteiger partial charge is 0.0964 e. The van der Waals surface area contributed by atoms with Crippen LogP contribution in [-0.4, -0.2) is 59.7 Å². The second kappa shape index (κ2) is 5.34. The van der Waals surface area contributed by atoms with E-state index in [0.29, 0.717) is 5.41 Å².